The van der Waals surface area contributed by atoms with Gasteiger partial charge < -0.3 is 5.32 Å². The van der Waals surface area contributed by atoms with Gasteiger partial charge in [0, 0.05) is 17.5 Å². The molecule has 2 aromatic carbocycles. The molecule has 0 saturated carbocycles. The molecule has 0 radical (unpaired) electrons. The van der Waals surface area contributed by atoms with E-state index in [-0.39, 0.29) is 5.92 Å². The molecule has 0 fully saturated rings. The predicted octanol–water partition coefficient (Wildman–Crippen LogP) is 4.55. The maximum atomic E-state index is 13.8. The van der Waals surface area contributed by atoms with E-state index < -0.39 is 11.6 Å². The van der Waals surface area contributed by atoms with Crippen LogP contribution in [0.3, 0.4) is 0 Å². The molecule has 21 heavy (non-hydrogen) atoms. The Morgan fingerprint density at radius 2 is 1.81 bits per heavy atom. The van der Waals surface area contributed by atoms with Crippen molar-refractivity contribution in [3.63, 3.8) is 0 Å². The summed E-state index contributed by atoms with van der Waals surface area (Å²) in [6.45, 7) is 3.55. The van der Waals surface area contributed by atoms with E-state index in [4.69, 9.17) is 11.6 Å². The summed E-state index contributed by atoms with van der Waals surface area (Å²) in [6, 6.07) is 11.8. The van der Waals surface area contributed by atoms with E-state index in [1.807, 2.05) is 31.2 Å². The summed E-state index contributed by atoms with van der Waals surface area (Å²) in [4.78, 5) is 0. The Morgan fingerprint density at radius 3 is 2.48 bits per heavy atom. The van der Waals surface area contributed by atoms with Crippen LogP contribution in [0.2, 0.25) is 5.02 Å². The highest BCUT2D eigenvalue weighted by Crippen LogP contribution is 2.24. The van der Waals surface area contributed by atoms with Crippen LogP contribution in [0.5, 0.6) is 0 Å². The number of rotatable bonds is 6. The highest BCUT2D eigenvalue weighted by molar-refractivity contribution is 6.30. The van der Waals surface area contributed by atoms with Crippen LogP contribution < -0.4 is 5.32 Å². The smallest absolute Gasteiger partial charge is 0.162 e. The molecule has 0 aliphatic heterocycles. The molecule has 0 amide bonds. The van der Waals surface area contributed by atoms with Crippen LogP contribution >= 0.6 is 11.6 Å². The Hall–Kier alpha value is -1.45. The summed E-state index contributed by atoms with van der Waals surface area (Å²) in [6.07, 6.45) is 0.443. The molecule has 1 N–H and O–H groups in total. The van der Waals surface area contributed by atoms with E-state index in [2.05, 4.69) is 5.32 Å². The first-order valence-electron chi connectivity index (χ1n) is 7.01. The third-order valence-electron chi connectivity index (χ3n) is 3.48. The van der Waals surface area contributed by atoms with Gasteiger partial charge in [0.1, 0.15) is 0 Å². The quantitative estimate of drug-likeness (QED) is 0.825. The molecule has 112 valence electrons. The average molecular weight is 310 g/mol. The van der Waals surface area contributed by atoms with Crippen molar-refractivity contribution in [2.75, 3.05) is 13.1 Å². The highest BCUT2D eigenvalue weighted by atomic mass is 35.5. The molecule has 0 spiro atoms. The Kier molecular flexibility index (Phi) is 5.71. The minimum absolute atomic E-state index is 0.0681. The molecule has 0 bridgehead atoms. The topological polar surface area (TPSA) is 12.0 Å². The minimum Gasteiger partial charge on any atom is -0.316 e. The van der Waals surface area contributed by atoms with Crippen LogP contribution in [-0.2, 0) is 6.42 Å². The van der Waals surface area contributed by atoms with E-state index in [1.165, 1.54) is 0 Å². The Balaban J connectivity index is 2.23. The summed E-state index contributed by atoms with van der Waals surface area (Å²) >= 11 is 5.90. The van der Waals surface area contributed by atoms with Gasteiger partial charge in [0.05, 0.1) is 0 Å². The first kappa shape index (κ1) is 15.9. The van der Waals surface area contributed by atoms with Gasteiger partial charge in [-0.3, -0.25) is 0 Å². The highest BCUT2D eigenvalue weighted by Gasteiger charge is 2.16. The van der Waals surface area contributed by atoms with Crippen LogP contribution in [0.4, 0.5) is 8.78 Å². The Labute approximate surface area is 128 Å². The molecule has 2 aromatic rings. The lowest BCUT2D eigenvalue weighted by atomic mass is 9.91. The monoisotopic (exact) mass is 309 g/mol. The number of hydrogen-bond acceptors (Lipinski definition) is 1. The van der Waals surface area contributed by atoms with Gasteiger partial charge in [0.2, 0.25) is 0 Å². The summed E-state index contributed by atoms with van der Waals surface area (Å²) in [7, 11) is 0. The number of hydrogen-bond donors (Lipinski definition) is 1. The first-order chi connectivity index (χ1) is 10.1. The van der Waals surface area contributed by atoms with E-state index in [1.54, 1.807) is 12.1 Å². The number of halogens is 3. The largest absolute Gasteiger partial charge is 0.316 e. The van der Waals surface area contributed by atoms with E-state index in [0.717, 1.165) is 18.2 Å². The molecule has 0 aliphatic carbocycles. The summed E-state index contributed by atoms with van der Waals surface area (Å²) in [5, 5.41) is 3.93. The fourth-order valence-electron chi connectivity index (χ4n) is 2.33. The lowest BCUT2D eigenvalue weighted by molar-refractivity contribution is 0.490. The van der Waals surface area contributed by atoms with Gasteiger partial charge in [-0.2, -0.15) is 0 Å². The van der Waals surface area contributed by atoms with Gasteiger partial charge in [-0.05, 0) is 42.3 Å². The maximum absolute atomic E-state index is 13.8. The van der Waals surface area contributed by atoms with Crippen molar-refractivity contribution in [1.82, 2.24) is 5.32 Å². The summed E-state index contributed by atoms with van der Waals surface area (Å²) in [5.41, 5.74) is 1.46. The lowest BCUT2D eigenvalue weighted by Gasteiger charge is -2.18. The lowest BCUT2D eigenvalue weighted by Crippen LogP contribution is -2.23. The number of likely N-dealkylation sites (N-methyl/N-ethyl adjacent to an activating group) is 1. The molecule has 0 aliphatic rings. The summed E-state index contributed by atoms with van der Waals surface area (Å²) < 4.78 is 27.2. The average Bonchev–Trinajstić information content (AvgIpc) is 2.49. The summed E-state index contributed by atoms with van der Waals surface area (Å²) in [5.74, 6) is -1.49. The second kappa shape index (κ2) is 7.53. The van der Waals surface area contributed by atoms with Crippen molar-refractivity contribution in [1.29, 1.82) is 0 Å². The minimum atomic E-state index is -0.800. The molecular formula is C17H18ClF2N. The SMILES string of the molecule is CCNCC(Cc1cccc(F)c1F)c1ccc(Cl)cc1. The molecule has 0 saturated heterocycles. The van der Waals surface area contributed by atoms with Gasteiger partial charge in [-0.25, -0.2) is 8.78 Å². The van der Waals surface area contributed by atoms with Crippen LogP contribution in [0.1, 0.15) is 24.0 Å². The molecule has 4 heteroatoms. The standard InChI is InChI=1S/C17H18ClF2N/c1-2-21-11-14(12-6-8-15(18)9-7-12)10-13-4-3-5-16(19)17(13)20/h3-9,14,21H,2,10-11H2,1H3. The van der Waals surface area contributed by atoms with Gasteiger partial charge in [-0.15, -0.1) is 0 Å². The zero-order valence-corrected chi connectivity index (χ0v) is 12.6. The van der Waals surface area contributed by atoms with E-state index >= 15 is 0 Å². The van der Waals surface area contributed by atoms with Gasteiger partial charge in [0.15, 0.2) is 11.6 Å². The van der Waals surface area contributed by atoms with Crippen LogP contribution in [0.15, 0.2) is 42.5 Å². The van der Waals surface area contributed by atoms with E-state index in [9.17, 15) is 8.78 Å². The van der Waals surface area contributed by atoms with Crippen molar-refractivity contribution in [3.8, 4) is 0 Å². The molecule has 1 nitrogen and oxygen atoms in total. The predicted molar refractivity (Wildman–Crippen MR) is 82.8 cm³/mol. The molecule has 2 rings (SSSR count). The second-order valence-electron chi connectivity index (χ2n) is 4.97. The Bertz CT molecular complexity index is 584. The fourth-order valence-corrected chi connectivity index (χ4v) is 2.46. The number of nitrogens with one attached hydrogen (secondary N) is 1. The van der Waals surface area contributed by atoms with Crippen molar-refractivity contribution >= 4 is 11.6 Å². The number of benzene rings is 2. The van der Waals surface area contributed by atoms with Gasteiger partial charge in [0.25, 0.3) is 0 Å². The van der Waals surface area contributed by atoms with Crippen molar-refractivity contribution < 1.29 is 8.78 Å². The van der Waals surface area contributed by atoms with Crippen LogP contribution in [-0.4, -0.2) is 13.1 Å². The molecule has 1 unspecified atom stereocenters. The van der Waals surface area contributed by atoms with Crippen LogP contribution in [0, 0.1) is 11.6 Å². The second-order valence-corrected chi connectivity index (χ2v) is 5.41. The Morgan fingerprint density at radius 1 is 1.10 bits per heavy atom. The van der Waals surface area contributed by atoms with Crippen molar-refractivity contribution in [2.45, 2.75) is 19.3 Å². The fraction of sp³-hybridized carbons (Fsp3) is 0.294. The maximum Gasteiger partial charge on any atom is 0.162 e. The zero-order chi connectivity index (χ0) is 15.2. The van der Waals surface area contributed by atoms with E-state index in [0.29, 0.717) is 23.6 Å². The van der Waals surface area contributed by atoms with Crippen molar-refractivity contribution in [3.05, 3.63) is 70.2 Å². The van der Waals surface area contributed by atoms with Crippen LogP contribution in [0.25, 0.3) is 0 Å². The van der Waals surface area contributed by atoms with Gasteiger partial charge in [-0.1, -0.05) is 42.8 Å². The first-order valence-corrected chi connectivity index (χ1v) is 7.38. The zero-order valence-electron chi connectivity index (χ0n) is 11.9. The third-order valence-corrected chi connectivity index (χ3v) is 3.73. The molecular weight excluding hydrogens is 292 g/mol. The normalized spacial score (nSPS) is 12.4. The van der Waals surface area contributed by atoms with Crippen molar-refractivity contribution in [2.24, 2.45) is 0 Å². The third kappa shape index (κ3) is 4.26. The molecule has 0 heterocycles. The molecule has 1 atom stereocenters. The molecule has 0 aromatic heterocycles. The van der Waals surface area contributed by atoms with Gasteiger partial charge >= 0.3 is 0 Å².